The van der Waals surface area contributed by atoms with Crippen molar-refractivity contribution in [2.45, 2.75) is 76.8 Å². The van der Waals surface area contributed by atoms with Gasteiger partial charge in [0.2, 0.25) is 5.43 Å². The number of imidazole rings is 1. The Morgan fingerprint density at radius 1 is 0.904 bits per heavy atom. The van der Waals surface area contributed by atoms with Gasteiger partial charge in [-0.1, -0.05) is 42.5 Å². The number of amidine groups is 1. The van der Waals surface area contributed by atoms with Crippen molar-refractivity contribution >= 4 is 40.0 Å². The van der Waals surface area contributed by atoms with Gasteiger partial charge in [-0.05, 0) is 81.8 Å². The summed E-state index contributed by atoms with van der Waals surface area (Å²) in [5, 5.41) is 4.50. The number of hydrogen-bond donors (Lipinski definition) is 2. The zero-order valence-corrected chi connectivity index (χ0v) is 29.6. The number of benzene rings is 3. The Morgan fingerprint density at radius 3 is 2.46 bits per heavy atom. The molecule has 12 heteroatoms. The summed E-state index contributed by atoms with van der Waals surface area (Å²) in [6.07, 6.45) is 4.40. The highest BCUT2D eigenvalue weighted by Crippen LogP contribution is 2.34. The van der Waals surface area contributed by atoms with Crippen molar-refractivity contribution in [2.75, 3.05) is 19.6 Å². The zero-order chi connectivity index (χ0) is 36.0. The summed E-state index contributed by atoms with van der Waals surface area (Å²) in [5.41, 5.74) is 3.71. The van der Waals surface area contributed by atoms with Gasteiger partial charge < -0.3 is 24.2 Å². The summed E-state index contributed by atoms with van der Waals surface area (Å²) in [7, 11) is 0. The number of fused-ring (bicyclic) bond motifs is 2. The molecule has 8 rings (SSSR count). The molecule has 0 radical (unpaired) electrons. The molecule has 0 bridgehead atoms. The lowest BCUT2D eigenvalue weighted by molar-refractivity contribution is 0.0218. The molecule has 3 atom stereocenters. The van der Waals surface area contributed by atoms with Gasteiger partial charge in [0.05, 0.1) is 47.3 Å². The predicted molar refractivity (Wildman–Crippen MR) is 197 cm³/mol. The van der Waals surface area contributed by atoms with Crippen LogP contribution >= 0.6 is 0 Å². The third kappa shape index (κ3) is 6.60. The minimum Gasteiger partial charge on any atom is -0.456 e. The second-order valence-electron chi connectivity index (χ2n) is 14.7. The maximum Gasteiger partial charge on any atom is 0.410 e. The van der Waals surface area contributed by atoms with E-state index in [0.717, 1.165) is 53.9 Å². The number of aliphatic imine (C=N–C) groups is 1. The fourth-order valence-corrected chi connectivity index (χ4v) is 7.42. The molecule has 1 unspecified atom stereocenters. The minimum atomic E-state index is -0.579. The summed E-state index contributed by atoms with van der Waals surface area (Å²) >= 11 is 0. The molecule has 0 saturated carbocycles. The second-order valence-corrected chi connectivity index (χ2v) is 14.7. The Morgan fingerprint density at radius 2 is 1.67 bits per heavy atom. The molecular weight excluding hydrogens is 660 g/mol. The van der Waals surface area contributed by atoms with Gasteiger partial charge in [0.25, 0.3) is 0 Å². The van der Waals surface area contributed by atoms with E-state index in [4.69, 9.17) is 18.9 Å². The molecular formula is C40H42N6O6. The molecule has 2 amide bonds. The van der Waals surface area contributed by atoms with E-state index in [1.165, 1.54) is 0 Å². The summed E-state index contributed by atoms with van der Waals surface area (Å²) < 4.78 is 17.6. The molecule has 2 aromatic heterocycles. The molecule has 3 aromatic carbocycles. The van der Waals surface area contributed by atoms with Gasteiger partial charge in [-0.3, -0.25) is 19.6 Å². The van der Waals surface area contributed by atoms with E-state index in [1.807, 2.05) is 81.4 Å². The van der Waals surface area contributed by atoms with E-state index in [9.17, 15) is 14.4 Å². The quantitative estimate of drug-likeness (QED) is 0.176. The first kappa shape index (κ1) is 33.5. The average Bonchev–Trinajstić information content (AvgIpc) is 3.97. The van der Waals surface area contributed by atoms with Gasteiger partial charge in [-0.15, -0.1) is 0 Å². The monoisotopic (exact) mass is 702 g/mol. The first-order valence-electron chi connectivity index (χ1n) is 17.9. The lowest BCUT2D eigenvalue weighted by Gasteiger charge is -2.27. The standard InChI is InChI=1S/C40H42N6O6/c1-40(2,3)52-39(49)46-18-8-12-32(46)37-42-22-30(44-37)26-13-15-27-34(20-26)51-33-16-14-25(19-28(33)35(27)47)29-21-41-36(43-29)31-11-7-17-45(31)38(48)50-23-24-9-5-4-6-10-24/h4-6,9-10,13-16,19-20,22,29,31-32H,7-8,11-12,17-18,21,23H2,1-3H3,(H,41,43)(H,42,44)/t29?,31-,32-/m0/s1. The average molecular weight is 703 g/mol. The van der Waals surface area contributed by atoms with Gasteiger partial charge in [0.15, 0.2) is 0 Å². The maximum atomic E-state index is 13.8. The lowest BCUT2D eigenvalue weighted by atomic mass is 10.0. The summed E-state index contributed by atoms with van der Waals surface area (Å²) in [6, 6.07) is 20.3. The predicted octanol–water partition coefficient (Wildman–Crippen LogP) is 7.25. The minimum absolute atomic E-state index is 0.115. The van der Waals surface area contributed by atoms with E-state index >= 15 is 0 Å². The summed E-state index contributed by atoms with van der Waals surface area (Å²) in [6.45, 7) is 7.53. The highest BCUT2D eigenvalue weighted by Gasteiger charge is 2.37. The number of aromatic nitrogens is 2. The SMILES string of the molecule is CC(C)(C)OC(=O)N1CCC[C@H]1c1ncc(-c2ccc3c(=O)c4cc(C5CN=C([C@@H]6CCCN6C(=O)OCc6ccccc6)N5)ccc4oc3c2)[nH]1. The van der Waals surface area contributed by atoms with Crippen LogP contribution in [0.1, 0.15) is 75.5 Å². The van der Waals surface area contributed by atoms with E-state index in [1.54, 1.807) is 22.1 Å². The van der Waals surface area contributed by atoms with E-state index in [0.29, 0.717) is 47.4 Å². The first-order valence-corrected chi connectivity index (χ1v) is 17.9. The number of nitrogens with zero attached hydrogens (tertiary/aromatic N) is 4. The highest BCUT2D eigenvalue weighted by molar-refractivity contribution is 5.94. The number of aromatic amines is 1. The Balaban J connectivity index is 0.967. The van der Waals surface area contributed by atoms with Gasteiger partial charge in [0.1, 0.15) is 35.0 Å². The molecule has 5 aromatic rings. The van der Waals surface area contributed by atoms with Crippen LogP contribution in [-0.4, -0.2) is 69.1 Å². The van der Waals surface area contributed by atoms with Crippen LogP contribution in [0.25, 0.3) is 33.2 Å². The van der Waals surface area contributed by atoms with Crippen LogP contribution in [0.4, 0.5) is 9.59 Å². The molecule has 2 fully saturated rings. The van der Waals surface area contributed by atoms with E-state index < -0.39 is 5.60 Å². The van der Waals surface area contributed by atoms with Gasteiger partial charge in [-0.25, -0.2) is 14.6 Å². The number of rotatable bonds is 6. The number of carbonyl (C=O) groups is 2. The number of H-pyrrole nitrogens is 1. The normalized spacial score (nSPS) is 20.4. The largest absolute Gasteiger partial charge is 0.456 e. The Bertz CT molecular complexity index is 2240. The second kappa shape index (κ2) is 13.5. The van der Waals surface area contributed by atoms with Gasteiger partial charge in [-0.2, -0.15) is 0 Å². The number of ether oxygens (including phenoxy) is 2. The van der Waals surface area contributed by atoms with Crippen molar-refractivity contribution in [1.82, 2.24) is 25.1 Å². The number of nitrogens with one attached hydrogen (secondary N) is 2. The molecule has 268 valence electrons. The molecule has 52 heavy (non-hydrogen) atoms. The van der Waals surface area contributed by atoms with Crippen molar-refractivity contribution in [3.8, 4) is 11.3 Å². The van der Waals surface area contributed by atoms with Crippen LogP contribution in [0.3, 0.4) is 0 Å². The van der Waals surface area contributed by atoms with Crippen LogP contribution in [0.15, 0.2) is 87.1 Å². The van der Waals surface area contributed by atoms with Gasteiger partial charge in [0, 0.05) is 18.7 Å². The van der Waals surface area contributed by atoms with Crippen LogP contribution in [0, 0.1) is 0 Å². The number of carbonyl (C=O) groups excluding carboxylic acids is 2. The lowest BCUT2D eigenvalue weighted by Crippen LogP contribution is -2.45. The molecule has 3 aliphatic heterocycles. The van der Waals surface area contributed by atoms with Crippen LogP contribution in [-0.2, 0) is 16.1 Å². The van der Waals surface area contributed by atoms with Crippen LogP contribution < -0.4 is 10.7 Å². The van der Waals surface area contributed by atoms with Crippen LogP contribution in [0.5, 0.6) is 0 Å². The van der Waals surface area contributed by atoms with Crippen LogP contribution in [0.2, 0.25) is 0 Å². The van der Waals surface area contributed by atoms with Crippen molar-refractivity contribution in [1.29, 1.82) is 0 Å². The number of amides is 2. The van der Waals surface area contributed by atoms with Crippen molar-refractivity contribution in [3.63, 3.8) is 0 Å². The fourth-order valence-electron chi connectivity index (χ4n) is 7.42. The first-order chi connectivity index (χ1) is 25.1. The molecule has 0 spiro atoms. The Kier molecular flexibility index (Phi) is 8.68. The van der Waals surface area contributed by atoms with E-state index in [-0.39, 0.29) is 42.3 Å². The third-order valence-electron chi connectivity index (χ3n) is 9.97. The summed E-state index contributed by atoms with van der Waals surface area (Å²) in [5.74, 6) is 1.46. The zero-order valence-electron chi connectivity index (χ0n) is 29.6. The summed E-state index contributed by atoms with van der Waals surface area (Å²) in [4.78, 5) is 56.0. The topological polar surface area (TPSA) is 142 Å². The van der Waals surface area contributed by atoms with Crippen molar-refractivity contribution < 1.29 is 23.5 Å². The third-order valence-corrected chi connectivity index (χ3v) is 9.97. The van der Waals surface area contributed by atoms with Crippen molar-refractivity contribution in [2.24, 2.45) is 4.99 Å². The number of hydrogen-bond acceptors (Lipinski definition) is 9. The molecule has 12 nitrogen and oxygen atoms in total. The fraction of sp³-hybridized carbons (Fsp3) is 0.375. The van der Waals surface area contributed by atoms with Gasteiger partial charge >= 0.3 is 12.2 Å². The number of likely N-dealkylation sites (tertiary alicyclic amines) is 2. The smallest absolute Gasteiger partial charge is 0.410 e. The molecule has 3 aliphatic rings. The van der Waals surface area contributed by atoms with Crippen molar-refractivity contribution in [3.05, 3.63) is 100 Å². The molecule has 5 heterocycles. The molecule has 2 N–H and O–H groups in total. The molecule has 2 saturated heterocycles. The molecule has 0 aliphatic carbocycles. The van der Waals surface area contributed by atoms with E-state index in [2.05, 4.69) is 15.3 Å². The maximum absolute atomic E-state index is 13.8. The Hall–Kier alpha value is -5.65. The Labute approximate surface area is 300 Å². The highest BCUT2D eigenvalue weighted by atomic mass is 16.6.